The molecule has 17 nitrogen and oxygen atoms in total. The van der Waals surface area contributed by atoms with Crippen molar-refractivity contribution in [3.63, 3.8) is 0 Å². The quantitative estimate of drug-likeness (QED) is 0.0477. The van der Waals surface area contributed by atoms with Crippen LogP contribution in [-0.2, 0) is 48.2 Å². The Morgan fingerprint density at radius 1 is 0.475 bits per heavy atom. The van der Waals surface area contributed by atoms with Crippen LogP contribution < -0.4 is 15.5 Å². The number of nitrogens with zero attached hydrogens (tertiary/aromatic N) is 7. The third-order valence-electron chi connectivity index (χ3n) is 16.9. The number of hydrogen-bond donors (Lipinski definition) is 3. The number of esters is 2. The number of carboxylic acid groups (broad SMARTS) is 1. The second-order valence-electron chi connectivity index (χ2n) is 25.9. The maximum Gasteiger partial charge on any atom is 0.416 e. The van der Waals surface area contributed by atoms with Crippen molar-refractivity contribution in [3.05, 3.63) is 231 Å². The number of aromatic nitrogens is 6. The Morgan fingerprint density at radius 2 is 0.842 bits per heavy atom. The van der Waals surface area contributed by atoms with E-state index in [9.17, 15) is 24.3 Å². The van der Waals surface area contributed by atoms with E-state index < -0.39 is 17.7 Å². The van der Waals surface area contributed by atoms with Gasteiger partial charge in [0.1, 0.15) is 23.1 Å². The lowest BCUT2D eigenvalue weighted by Crippen LogP contribution is -2.37. The molecule has 3 aliphatic carbocycles. The predicted octanol–water partition coefficient (Wildman–Crippen LogP) is 16.6. The van der Waals surface area contributed by atoms with Crippen molar-refractivity contribution < 1.29 is 38.5 Å². The smallest absolute Gasteiger partial charge is 0.416 e. The van der Waals surface area contributed by atoms with Gasteiger partial charge in [0, 0.05) is 83.2 Å². The first-order valence-corrected chi connectivity index (χ1v) is 32.6. The number of aryl methyl sites for hydroxylation is 6. The summed E-state index contributed by atoms with van der Waals surface area (Å²) >= 11 is 0. The minimum absolute atomic E-state index is 0. The normalized spacial score (nSPS) is 16.3. The van der Waals surface area contributed by atoms with E-state index in [0.717, 1.165) is 116 Å². The second-order valence-corrected chi connectivity index (χ2v) is 25.9. The van der Waals surface area contributed by atoms with Gasteiger partial charge in [-0.1, -0.05) is 108 Å². The standard InChI is InChI=1S/C30H35N3O4.C25H27N3O2.C23H23N3O2.6H2S/c1-7-36-28(34)24-16-23(24)27-20(3)11-13-25(32-27)22-12-14-26(31-17-22)33(29(35)37-30(4,5)6)18-21-10-8-9-19(2)15-21;1-4-30-25(29)21-13-20(21)24-17(3)8-10-22(28-24)19-9-11-23(27-15-19)26-14-18-7-5-6-16(2)12-18;1-14-4-3-5-16(10-14)12-24-21-9-7-17(13-25-21)20-8-6-15(2)22(26-20)18-11-19(18)23(27)28;;;;;;/h8-15,17,23-24H,7,16,18H2,1-6H3;5-12,15,20-21H,4,13-14H2,1-3H3,(H,26,27);3-10,13,18-19H,11-12H2,1-2H3,(H,24,25)(H,27,28);6*1H2/t23-,24-;20-,21-;18-,19-;;;;;;/m000....../s1. The number of anilines is 3. The number of pyridine rings is 6. The SMILES string of the molecule is CCOC(=O)[C@H]1C[C@@H]1c1nc(-c2ccc(N(Cc3cccc(C)c3)C(=O)OC(C)(C)C)nc2)ccc1C.CCOC(=O)[C@H]1C[C@@H]1c1nc(-c2ccc(NCc3cccc(C)c3)nc2)ccc1C.Cc1cccc(CNc2ccc(-c3ccc(C)c([C@H]4C[C@@H]4C(=O)O)n3)cn2)c1.S.S.S.S.S.S. The van der Waals surface area contributed by atoms with Crippen molar-refractivity contribution >= 4 is 122 Å². The third-order valence-corrected chi connectivity index (χ3v) is 16.9. The molecule has 3 N–H and O–H groups in total. The number of nitrogens with one attached hydrogen (secondary N) is 2. The van der Waals surface area contributed by atoms with Crippen LogP contribution in [0.2, 0.25) is 0 Å². The van der Waals surface area contributed by atoms with E-state index in [-0.39, 0.29) is 128 Å². The summed E-state index contributed by atoms with van der Waals surface area (Å²) < 4.78 is 16.0. The number of carboxylic acids is 1. The van der Waals surface area contributed by atoms with Crippen molar-refractivity contribution in [3.8, 4) is 33.8 Å². The average Bonchev–Trinajstić information content (AvgIpc) is 1.62. The van der Waals surface area contributed by atoms with Gasteiger partial charge in [0.15, 0.2) is 0 Å². The fourth-order valence-corrected chi connectivity index (χ4v) is 11.6. The summed E-state index contributed by atoms with van der Waals surface area (Å²) in [5.41, 5.74) is 17.6. The van der Waals surface area contributed by atoms with Crippen LogP contribution in [0.15, 0.2) is 164 Å². The highest BCUT2D eigenvalue weighted by Crippen LogP contribution is 2.51. The summed E-state index contributed by atoms with van der Waals surface area (Å²) in [6.07, 6.45) is 7.17. The molecule has 3 aliphatic rings. The minimum Gasteiger partial charge on any atom is -0.481 e. The first-order chi connectivity index (χ1) is 45.6. The number of carbonyl (C=O) groups excluding carboxylic acids is 3. The summed E-state index contributed by atoms with van der Waals surface area (Å²) in [5, 5.41) is 15.9. The van der Waals surface area contributed by atoms with Crippen LogP contribution in [0.1, 0.15) is 139 Å². The number of ether oxygens (including phenoxy) is 3. The van der Waals surface area contributed by atoms with Gasteiger partial charge >= 0.3 is 24.0 Å². The molecule has 23 heteroatoms. The molecule has 0 aliphatic heterocycles. The lowest BCUT2D eigenvalue weighted by Gasteiger charge is -2.27. The minimum atomic E-state index is -0.734. The number of hydrogen-bond acceptors (Lipinski definition) is 15. The van der Waals surface area contributed by atoms with Gasteiger partial charge in [-0.15, -0.1) is 0 Å². The Morgan fingerprint density at radius 3 is 1.18 bits per heavy atom. The molecule has 0 saturated heterocycles. The summed E-state index contributed by atoms with van der Waals surface area (Å²) in [6, 6.07) is 48.6. The Hall–Kier alpha value is -8.06. The summed E-state index contributed by atoms with van der Waals surface area (Å²) in [6.45, 7) is 24.0. The molecule has 0 spiro atoms. The maximum atomic E-state index is 13.1. The van der Waals surface area contributed by atoms with Gasteiger partial charge in [0.2, 0.25) is 0 Å². The highest BCUT2D eigenvalue weighted by molar-refractivity contribution is 7.60. The Kier molecular flexibility index (Phi) is 32.8. The fourth-order valence-electron chi connectivity index (χ4n) is 11.6. The topological polar surface area (TPSA) is 221 Å². The van der Waals surface area contributed by atoms with E-state index in [4.69, 9.17) is 29.2 Å². The van der Waals surface area contributed by atoms with Crippen LogP contribution in [0.5, 0.6) is 0 Å². The van der Waals surface area contributed by atoms with E-state index in [0.29, 0.717) is 32.0 Å². The van der Waals surface area contributed by atoms with Crippen LogP contribution >= 0.6 is 81.0 Å². The Balaban J connectivity index is 0.000000315. The summed E-state index contributed by atoms with van der Waals surface area (Å²) in [5.74, 6) is 0.940. The highest BCUT2D eigenvalue weighted by Gasteiger charge is 2.48. The summed E-state index contributed by atoms with van der Waals surface area (Å²) in [4.78, 5) is 78.2. The van der Waals surface area contributed by atoms with Crippen LogP contribution in [0.4, 0.5) is 22.2 Å². The van der Waals surface area contributed by atoms with Gasteiger partial charge in [0.05, 0.1) is 54.6 Å². The molecule has 0 bridgehead atoms. The molecular weight excluding hydrogens is 1380 g/mol. The van der Waals surface area contributed by atoms with Gasteiger partial charge in [-0.2, -0.15) is 81.0 Å². The van der Waals surface area contributed by atoms with E-state index in [1.807, 2.05) is 166 Å². The molecule has 0 radical (unpaired) electrons. The number of amides is 1. The zero-order chi connectivity index (χ0) is 67.5. The van der Waals surface area contributed by atoms with Crippen LogP contribution in [0.25, 0.3) is 33.8 Å². The first kappa shape index (κ1) is 85.4. The van der Waals surface area contributed by atoms with Crippen molar-refractivity contribution in [1.29, 1.82) is 0 Å². The Bertz CT molecular complexity index is 4220. The molecule has 6 atom stereocenters. The molecule has 6 heterocycles. The third kappa shape index (κ3) is 23.5. The molecule has 1 amide bonds. The molecule has 538 valence electrons. The number of carbonyl (C=O) groups is 4. The zero-order valence-corrected chi connectivity index (χ0v) is 65.1. The van der Waals surface area contributed by atoms with E-state index in [2.05, 4.69) is 94.0 Å². The lowest BCUT2D eigenvalue weighted by molar-refractivity contribution is -0.145. The highest BCUT2D eigenvalue weighted by atomic mass is 32.1. The van der Waals surface area contributed by atoms with Crippen molar-refractivity contribution in [2.45, 2.75) is 138 Å². The van der Waals surface area contributed by atoms with Gasteiger partial charge in [-0.25, -0.2) is 19.7 Å². The molecule has 3 aromatic carbocycles. The molecule has 101 heavy (non-hydrogen) atoms. The van der Waals surface area contributed by atoms with E-state index in [1.165, 1.54) is 22.3 Å². The van der Waals surface area contributed by atoms with Gasteiger partial charge in [0.25, 0.3) is 0 Å². The molecule has 3 saturated carbocycles. The molecule has 6 aromatic heterocycles. The number of benzene rings is 3. The van der Waals surface area contributed by atoms with Crippen LogP contribution in [0.3, 0.4) is 0 Å². The first-order valence-electron chi connectivity index (χ1n) is 32.6. The van der Waals surface area contributed by atoms with Crippen molar-refractivity contribution in [2.24, 2.45) is 17.8 Å². The molecule has 9 aromatic rings. The van der Waals surface area contributed by atoms with Gasteiger partial charge < -0.3 is 30.0 Å². The van der Waals surface area contributed by atoms with E-state index >= 15 is 0 Å². The van der Waals surface area contributed by atoms with Gasteiger partial charge in [-0.05, 0) is 183 Å². The predicted molar refractivity (Wildman–Crippen MR) is 433 cm³/mol. The summed E-state index contributed by atoms with van der Waals surface area (Å²) in [7, 11) is 0. The van der Waals surface area contributed by atoms with Crippen molar-refractivity contribution in [1.82, 2.24) is 29.9 Å². The molecule has 12 rings (SSSR count). The monoisotopic (exact) mass is 1480 g/mol. The molecular formula is C78H97N9O8S6. The largest absolute Gasteiger partial charge is 0.481 e. The van der Waals surface area contributed by atoms with Gasteiger partial charge in [-0.3, -0.25) is 34.2 Å². The Labute approximate surface area is 636 Å². The number of rotatable bonds is 20. The second kappa shape index (κ2) is 38.8. The number of aliphatic carboxylic acids is 1. The molecule has 0 unspecified atom stereocenters. The fraction of sp³-hybridized carbons (Fsp3) is 0.333. The van der Waals surface area contributed by atoms with Crippen LogP contribution in [-0.4, -0.2) is 77.8 Å². The molecule has 3 fully saturated rings. The van der Waals surface area contributed by atoms with E-state index in [1.54, 1.807) is 11.1 Å². The van der Waals surface area contributed by atoms with Crippen molar-refractivity contribution in [2.75, 3.05) is 28.7 Å². The zero-order valence-electron chi connectivity index (χ0n) is 59.1. The lowest BCUT2D eigenvalue weighted by atomic mass is 10.1. The maximum absolute atomic E-state index is 13.1. The average molecular weight is 1480 g/mol. The van der Waals surface area contributed by atoms with Crippen LogP contribution in [0, 0.1) is 59.3 Å².